The number of ether oxygens (including phenoxy) is 1. The minimum absolute atomic E-state index is 0.187. The number of methoxy groups -OCH3 is 1. The molecule has 1 aromatic heterocycles. The number of carbonyl (C=O) groups is 1. The predicted octanol–water partition coefficient (Wildman–Crippen LogP) is 1.93. The Kier molecular flexibility index (Phi) is 4.44. The number of hydrogen-bond donors (Lipinski definition) is 1. The summed E-state index contributed by atoms with van der Waals surface area (Å²) in [5, 5.41) is 3.03. The number of aromatic nitrogens is 2. The first-order chi connectivity index (χ1) is 12.2. The van der Waals surface area contributed by atoms with Crippen molar-refractivity contribution in [2.45, 2.75) is 39.0 Å². The average molecular weight is 340 g/mol. The summed E-state index contributed by atoms with van der Waals surface area (Å²) in [6, 6.07) is 8.22. The number of carbonyl (C=O) groups excluding carboxylic acids is 1. The lowest BCUT2D eigenvalue weighted by Gasteiger charge is -2.28. The molecule has 6 heteroatoms. The molecule has 0 atom stereocenters. The molecule has 132 valence electrons. The van der Waals surface area contributed by atoms with Crippen molar-refractivity contribution < 1.29 is 9.53 Å². The maximum atomic E-state index is 11.8. The highest BCUT2D eigenvalue weighted by molar-refractivity contribution is 5.80. The molecule has 1 aliphatic carbocycles. The quantitative estimate of drug-likeness (QED) is 0.873. The van der Waals surface area contributed by atoms with Gasteiger partial charge in [0.05, 0.1) is 32.1 Å². The molecule has 1 aromatic carbocycles. The summed E-state index contributed by atoms with van der Waals surface area (Å²) in [7, 11) is 1.68. The van der Waals surface area contributed by atoms with Gasteiger partial charge in [-0.1, -0.05) is 12.1 Å². The summed E-state index contributed by atoms with van der Waals surface area (Å²) < 4.78 is 7.46. The Morgan fingerprint density at radius 2 is 2.08 bits per heavy atom. The SMILES string of the molecule is COc1ccc(CN2CCn3c(CNC(=O)C4CC4)cnc3C2)cc1. The number of fused-ring (bicyclic) bond motifs is 1. The molecule has 6 nitrogen and oxygen atoms in total. The van der Waals surface area contributed by atoms with Crippen molar-refractivity contribution in [3.05, 3.63) is 47.5 Å². The number of nitrogens with one attached hydrogen (secondary N) is 1. The third-order valence-electron chi connectivity index (χ3n) is 4.98. The minimum atomic E-state index is 0.187. The molecule has 0 saturated heterocycles. The third kappa shape index (κ3) is 3.69. The minimum Gasteiger partial charge on any atom is -0.497 e. The topological polar surface area (TPSA) is 59.4 Å². The second-order valence-corrected chi connectivity index (χ2v) is 6.87. The summed E-state index contributed by atoms with van der Waals surface area (Å²) in [5.41, 5.74) is 2.38. The van der Waals surface area contributed by atoms with Crippen molar-refractivity contribution in [2.24, 2.45) is 5.92 Å². The molecule has 2 aromatic rings. The van der Waals surface area contributed by atoms with E-state index in [-0.39, 0.29) is 11.8 Å². The van der Waals surface area contributed by atoms with E-state index in [1.54, 1.807) is 7.11 Å². The molecule has 1 fully saturated rings. The van der Waals surface area contributed by atoms with Crippen LogP contribution in [0.25, 0.3) is 0 Å². The van der Waals surface area contributed by atoms with Crippen LogP contribution < -0.4 is 10.1 Å². The normalized spacial score (nSPS) is 17.2. The molecule has 2 heterocycles. The molecule has 1 amide bonds. The zero-order valence-electron chi connectivity index (χ0n) is 14.6. The molecule has 1 saturated carbocycles. The monoisotopic (exact) mass is 340 g/mol. The molecule has 25 heavy (non-hydrogen) atoms. The van der Waals surface area contributed by atoms with Crippen LogP contribution in [0.3, 0.4) is 0 Å². The first-order valence-electron chi connectivity index (χ1n) is 8.89. The largest absolute Gasteiger partial charge is 0.497 e. The molecule has 0 bridgehead atoms. The van der Waals surface area contributed by atoms with Crippen LogP contribution in [-0.2, 0) is 31.0 Å². The van der Waals surface area contributed by atoms with Gasteiger partial charge in [0.15, 0.2) is 0 Å². The molecule has 0 spiro atoms. The van der Waals surface area contributed by atoms with Gasteiger partial charge in [-0.05, 0) is 30.5 Å². The van der Waals surface area contributed by atoms with Crippen LogP contribution in [0.2, 0.25) is 0 Å². The molecule has 0 radical (unpaired) electrons. The first-order valence-corrected chi connectivity index (χ1v) is 8.89. The van der Waals surface area contributed by atoms with Gasteiger partial charge in [0.25, 0.3) is 0 Å². The molecule has 1 aliphatic heterocycles. The molecule has 1 N–H and O–H groups in total. The van der Waals surface area contributed by atoms with Crippen LogP contribution in [0.4, 0.5) is 0 Å². The summed E-state index contributed by atoms with van der Waals surface area (Å²) in [6.07, 6.45) is 3.98. The van der Waals surface area contributed by atoms with Crippen molar-refractivity contribution in [3.8, 4) is 5.75 Å². The van der Waals surface area contributed by atoms with Gasteiger partial charge in [0.1, 0.15) is 11.6 Å². The van der Waals surface area contributed by atoms with Crippen molar-refractivity contribution in [2.75, 3.05) is 13.7 Å². The van der Waals surface area contributed by atoms with Crippen molar-refractivity contribution in [1.82, 2.24) is 19.8 Å². The van der Waals surface area contributed by atoms with E-state index >= 15 is 0 Å². The van der Waals surface area contributed by atoms with E-state index in [0.29, 0.717) is 6.54 Å². The predicted molar refractivity (Wildman–Crippen MR) is 93.9 cm³/mol. The summed E-state index contributed by atoms with van der Waals surface area (Å²) >= 11 is 0. The maximum absolute atomic E-state index is 11.8. The Bertz CT molecular complexity index is 749. The van der Waals surface area contributed by atoms with Gasteiger partial charge in [-0.3, -0.25) is 9.69 Å². The van der Waals surface area contributed by atoms with Gasteiger partial charge in [-0.15, -0.1) is 0 Å². The van der Waals surface area contributed by atoms with E-state index in [2.05, 4.69) is 31.9 Å². The maximum Gasteiger partial charge on any atom is 0.223 e. The lowest BCUT2D eigenvalue weighted by Crippen LogP contribution is -2.34. The van der Waals surface area contributed by atoms with E-state index in [1.807, 2.05) is 18.3 Å². The third-order valence-corrected chi connectivity index (χ3v) is 4.98. The number of amides is 1. The van der Waals surface area contributed by atoms with Crippen molar-refractivity contribution in [3.63, 3.8) is 0 Å². The molecular formula is C19H24N4O2. The van der Waals surface area contributed by atoms with Gasteiger partial charge in [0.2, 0.25) is 5.91 Å². The summed E-state index contributed by atoms with van der Waals surface area (Å²) in [4.78, 5) is 18.8. The summed E-state index contributed by atoms with van der Waals surface area (Å²) in [6.45, 7) is 4.23. The Morgan fingerprint density at radius 1 is 1.28 bits per heavy atom. The van der Waals surface area contributed by atoms with E-state index in [1.165, 1.54) is 5.56 Å². The van der Waals surface area contributed by atoms with Crippen LogP contribution in [-0.4, -0.2) is 34.0 Å². The number of benzene rings is 1. The number of imidazole rings is 1. The standard InChI is InChI=1S/C19H24N4O2/c1-25-17-6-2-14(3-7-17)12-22-8-9-23-16(10-20-18(23)13-22)11-21-19(24)15-4-5-15/h2-3,6-7,10,15H,4-5,8-9,11-13H2,1H3,(H,21,24). The zero-order valence-corrected chi connectivity index (χ0v) is 14.6. The van der Waals surface area contributed by atoms with Crippen LogP contribution in [0.5, 0.6) is 5.75 Å². The fraction of sp³-hybridized carbons (Fsp3) is 0.474. The van der Waals surface area contributed by atoms with E-state index < -0.39 is 0 Å². The van der Waals surface area contributed by atoms with E-state index in [4.69, 9.17) is 4.74 Å². The highest BCUT2D eigenvalue weighted by Gasteiger charge is 2.29. The zero-order chi connectivity index (χ0) is 17.2. The van der Waals surface area contributed by atoms with Crippen LogP contribution in [0.15, 0.2) is 30.5 Å². The highest BCUT2D eigenvalue weighted by Crippen LogP contribution is 2.28. The fourth-order valence-corrected chi connectivity index (χ4v) is 3.31. The number of nitrogens with zero attached hydrogens (tertiary/aromatic N) is 3. The number of hydrogen-bond acceptors (Lipinski definition) is 4. The Morgan fingerprint density at radius 3 is 2.80 bits per heavy atom. The molecule has 2 aliphatic rings. The van der Waals surface area contributed by atoms with Gasteiger partial charge in [-0.2, -0.15) is 0 Å². The Balaban J connectivity index is 1.35. The second kappa shape index (κ2) is 6.88. The fourth-order valence-electron chi connectivity index (χ4n) is 3.31. The van der Waals surface area contributed by atoms with Gasteiger partial charge < -0.3 is 14.6 Å². The lowest BCUT2D eigenvalue weighted by molar-refractivity contribution is -0.122. The molecule has 4 rings (SSSR count). The Labute approximate surface area is 147 Å². The van der Waals surface area contributed by atoms with E-state index in [0.717, 1.165) is 56.3 Å². The van der Waals surface area contributed by atoms with E-state index in [9.17, 15) is 4.79 Å². The lowest BCUT2D eigenvalue weighted by atomic mass is 10.2. The van der Waals surface area contributed by atoms with Gasteiger partial charge >= 0.3 is 0 Å². The number of rotatable bonds is 6. The van der Waals surface area contributed by atoms with Crippen LogP contribution >= 0.6 is 0 Å². The highest BCUT2D eigenvalue weighted by atomic mass is 16.5. The summed E-state index contributed by atoms with van der Waals surface area (Å²) in [5.74, 6) is 2.41. The first kappa shape index (κ1) is 16.1. The van der Waals surface area contributed by atoms with Crippen molar-refractivity contribution >= 4 is 5.91 Å². The van der Waals surface area contributed by atoms with Crippen LogP contribution in [0.1, 0.15) is 29.9 Å². The van der Waals surface area contributed by atoms with Gasteiger partial charge in [0, 0.05) is 25.6 Å². The Hall–Kier alpha value is -2.34. The second-order valence-electron chi connectivity index (χ2n) is 6.87. The smallest absolute Gasteiger partial charge is 0.223 e. The molecular weight excluding hydrogens is 316 g/mol. The van der Waals surface area contributed by atoms with Crippen molar-refractivity contribution in [1.29, 1.82) is 0 Å². The van der Waals surface area contributed by atoms with Gasteiger partial charge in [-0.25, -0.2) is 4.98 Å². The van der Waals surface area contributed by atoms with Crippen LogP contribution in [0, 0.1) is 5.92 Å². The molecule has 0 unspecified atom stereocenters. The average Bonchev–Trinajstić information content (AvgIpc) is 3.42.